The van der Waals surface area contributed by atoms with Gasteiger partial charge in [0.15, 0.2) is 0 Å². The van der Waals surface area contributed by atoms with Crippen molar-refractivity contribution in [3.63, 3.8) is 0 Å². The van der Waals surface area contributed by atoms with Gasteiger partial charge < -0.3 is 10.6 Å². The molecule has 0 aliphatic rings. The molecule has 0 saturated carbocycles. The fourth-order valence-corrected chi connectivity index (χ4v) is 1.47. The van der Waals surface area contributed by atoms with Crippen molar-refractivity contribution < 1.29 is 4.79 Å². The first-order valence-electron chi connectivity index (χ1n) is 5.57. The van der Waals surface area contributed by atoms with Gasteiger partial charge in [-0.15, -0.1) is 0 Å². The molecule has 16 heavy (non-hydrogen) atoms. The first kappa shape index (κ1) is 12.7. The zero-order valence-electron chi connectivity index (χ0n) is 10.2. The average Bonchev–Trinajstić information content (AvgIpc) is 2.26. The normalized spacial score (nSPS) is 12.2. The quantitative estimate of drug-likeness (QED) is 0.839. The van der Waals surface area contributed by atoms with Gasteiger partial charge in [0.25, 0.3) is 5.91 Å². The van der Waals surface area contributed by atoms with Gasteiger partial charge >= 0.3 is 0 Å². The number of aryl methyl sites for hydroxylation is 1. The molecule has 3 nitrogen and oxygen atoms in total. The predicted octanol–water partition coefficient (Wildman–Crippen LogP) is 1.67. The Kier molecular flexibility index (Phi) is 4.50. The Morgan fingerprint density at radius 3 is 2.31 bits per heavy atom. The van der Waals surface area contributed by atoms with E-state index in [4.69, 9.17) is 5.73 Å². The Morgan fingerprint density at radius 1 is 1.31 bits per heavy atom. The molecule has 1 rings (SSSR count). The largest absolute Gasteiger partial charge is 0.345 e. The highest BCUT2D eigenvalue weighted by Gasteiger charge is 2.07. The summed E-state index contributed by atoms with van der Waals surface area (Å²) in [4.78, 5) is 13.2. The second-order valence-electron chi connectivity index (χ2n) is 4.41. The van der Waals surface area contributed by atoms with Crippen LogP contribution in [0.4, 0.5) is 0 Å². The lowest BCUT2D eigenvalue weighted by atomic mass is 10.0. The predicted molar refractivity (Wildman–Crippen MR) is 66.4 cm³/mol. The van der Waals surface area contributed by atoms with E-state index < -0.39 is 0 Å². The number of amides is 1. The van der Waals surface area contributed by atoms with Crippen LogP contribution in [0, 0.1) is 0 Å². The third kappa shape index (κ3) is 3.66. The lowest BCUT2D eigenvalue weighted by Gasteiger charge is -2.10. The van der Waals surface area contributed by atoms with Crippen LogP contribution in [0.25, 0.3) is 0 Å². The number of hydrogen-bond acceptors (Lipinski definition) is 2. The highest BCUT2D eigenvalue weighted by molar-refractivity contribution is 5.93. The average molecular weight is 220 g/mol. The highest BCUT2D eigenvalue weighted by atomic mass is 16.2. The van der Waals surface area contributed by atoms with Gasteiger partial charge in [-0.1, -0.05) is 12.1 Å². The van der Waals surface area contributed by atoms with E-state index in [1.54, 1.807) is 19.0 Å². The van der Waals surface area contributed by atoms with Gasteiger partial charge in [-0.05, 0) is 37.5 Å². The van der Waals surface area contributed by atoms with E-state index in [2.05, 4.69) is 0 Å². The van der Waals surface area contributed by atoms with Gasteiger partial charge in [0.05, 0.1) is 0 Å². The van der Waals surface area contributed by atoms with Crippen molar-refractivity contribution in [3.8, 4) is 0 Å². The number of hydrogen-bond donors (Lipinski definition) is 1. The first-order chi connectivity index (χ1) is 7.50. The minimum Gasteiger partial charge on any atom is -0.345 e. The van der Waals surface area contributed by atoms with Crippen LogP contribution in [0.2, 0.25) is 0 Å². The summed E-state index contributed by atoms with van der Waals surface area (Å²) in [5.74, 6) is 0.0405. The zero-order chi connectivity index (χ0) is 12.1. The summed E-state index contributed by atoms with van der Waals surface area (Å²) in [6.07, 6.45) is 1.94. The van der Waals surface area contributed by atoms with Crippen LogP contribution in [0.3, 0.4) is 0 Å². The van der Waals surface area contributed by atoms with Gasteiger partial charge in [0.2, 0.25) is 0 Å². The van der Waals surface area contributed by atoms with Crippen LogP contribution in [0.1, 0.15) is 29.3 Å². The number of nitrogens with zero attached hydrogens (tertiary/aromatic N) is 1. The van der Waals surface area contributed by atoms with E-state index in [0.717, 1.165) is 18.4 Å². The maximum Gasteiger partial charge on any atom is 0.253 e. The lowest BCUT2D eigenvalue weighted by molar-refractivity contribution is 0.0827. The molecule has 1 amide bonds. The van der Waals surface area contributed by atoms with Gasteiger partial charge in [0.1, 0.15) is 0 Å². The van der Waals surface area contributed by atoms with Crippen molar-refractivity contribution in [2.45, 2.75) is 25.8 Å². The van der Waals surface area contributed by atoms with Crippen molar-refractivity contribution in [1.29, 1.82) is 0 Å². The minimum absolute atomic E-state index is 0.0405. The number of carbonyl (C=O) groups is 1. The Labute approximate surface area is 97.2 Å². The van der Waals surface area contributed by atoms with Gasteiger partial charge in [0, 0.05) is 25.7 Å². The van der Waals surface area contributed by atoms with Crippen molar-refractivity contribution in [2.24, 2.45) is 5.73 Å². The Balaban J connectivity index is 2.64. The molecule has 0 spiro atoms. The molecule has 0 aliphatic carbocycles. The SMILES string of the molecule is C[C@@H](N)CCc1ccc(C(=O)N(C)C)cc1. The van der Waals surface area contributed by atoms with Crippen LogP contribution >= 0.6 is 0 Å². The number of benzene rings is 1. The topological polar surface area (TPSA) is 46.3 Å². The number of nitrogens with two attached hydrogens (primary N) is 1. The molecule has 0 radical (unpaired) electrons. The van der Waals surface area contributed by atoms with Crippen molar-refractivity contribution in [1.82, 2.24) is 4.90 Å². The van der Waals surface area contributed by atoms with Gasteiger partial charge in [-0.3, -0.25) is 4.79 Å². The summed E-state index contributed by atoms with van der Waals surface area (Å²) >= 11 is 0. The molecule has 0 heterocycles. The maximum absolute atomic E-state index is 11.6. The van der Waals surface area contributed by atoms with E-state index in [1.165, 1.54) is 5.56 Å². The summed E-state index contributed by atoms with van der Waals surface area (Å²) in [5, 5.41) is 0. The summed E-state index contributed by atoms with van der Waals surface area (Å²) in [6.45, 7) is 2.00. The Morgan fingerprint density at radius 2 is 1.88 bits per heavy atom. The molecule has 0 aromatic heterocycles. The van der Waals surface area contributed by atoms with Crippen molar-refractivity contribution in [3.05, 3.63) is 35.4 Å². The third-order valence-electron chi connectivity index (χ3n) is 2.50. The minimum atomic E-state index is 0.0405. The van der Waals surface area contributed by atoms with Crippen molar-refractivity contribution in [2.75, 3.05) is 14.1 Å². The molecule has 0 bridgehead atoms. The standard InChI is InChI=1S/C13H20N2O/c1-10(14)4-5-11-6-8-12(9-7-11)13(16)15(2)3/h6-10H,4-5,14H2,1-3H3/t10-/m1/s1. The fraction of sp³-hybridized carbons (Fsp3) is 0.462. The smallest absolute Gasteiger partial charge is 0.253 e. The second-order valence-corrected chi connectivity index (χ2v) is 4.41. The van der Waals surface area contributed by atoms with Crippen LogP contribution in [-0.2, 0) is 6.42 Å². The van der Waals surface area contributed by atoms with Crippen molar-refractivity contribution >= 4 is 5.91 Å². The molecule has 0 aliphatic heterocycles. The van der Waals surface area contributed by atoms with E-state index >= 15 is 0 Å². The molecule has 0 saturated heterocycles. The van der Waals surface area contributed by atoms with Crippen LogP contribution in [-0.4, -0.2) is 30.9 Å². The maximum atomic E-state index is 11.6. The summed E-state index contributed by atoms with van der Waals surface area (Å²) in [5.41, 5.74) is 7.66. The van der Waals surface area contributed by atoms with E-state index in [1.807, 2.05) is 31.2 Å². The molecule has 0 fully saturated rings. The van der Waals surface area contributed by atoms with Crippen LogP contribution < -0.4 is 5.73 Å². The lowest BCUT2D eigenvalue weighted by Crippen LogP contribution is -2.21. The molecular weight excluding hydrogens is 200 g/mol. The summed E-state index contributed by atoms with van der Waals surface area (Å²) < 4.78 is 0. The first-order valence-corrected chi connectivity index (χ1v) is 5.57. The Hall–Kier alpha value is -1.35. The Bertz CT molecular complexity index is 341. The number of rotatable bonds is 4. The highest BCUT2D eigenvalue weighted by Crippen LogP contribution is 2.08. The molecule has 0 unspecified atom stereocenters. The van der Waals surface area contributed by atoms with E-state index in [9.17, 15) is 4.79 Å². The van der Waals surface area contributed by atoms with Gasteiger partial charge in [-0.25, -0.2) is 0 Å². The van der Waals surface area contributed by atoms with Gasteiger partial charge in [-0.2, -0.15) is 0 Å². The summed E-state index contributed by atoms with van der Waals surface area (Å²) in [7, 11) is 3.51. The molecule has 1 aromatic carbocycles. The molecule has 2 N–H and O–H groups in total. The van der Waals surface area contributed by atoms with Crippen LogP contribution in [0.5, 0.6) is 0 Å². The second kappa shape index (κ2) is 5.66. The molecule has 1 atom stereocenters. The van der Waals surface area contributed by atoms with E-state index in [-0.39, 0.29) is 11.9 Å². The van der Waals surface area contributed by atoms with E-state index in [0.29, 0.717) is 0 Å². The molecule has 88 valence electrons. The molecule has 1 aromatic rings. The molecule has 3 heteroatoms. The zero-order valence-corrected chi connectivity index (χ0v) is 10.2. The third-order valence-corrected chi connectivity index (χ3v) is 2.50. The number of carbonyl (C=O) groups excluding carboxylic acids is 1. The van der Waals surface area contributed by atoms with Crippen LogP contribution in [0.15, 0.2) is 24.3 Å². The monoisotopic (exact) mass is 220 g/mol. The summed E-state index contributed by atoms with van der Waals surface area (Å²) in [6, 6.07) is 7.97. The fourth-order valence-electron chi connectivity index (χ4n) is 1.47. The molecular formula is C13H20N2O.